The maximum atomic E-state index is 6.22. The molecule has 0 spiro atoms. The minimum atomic E-state index is -1.77. The average molecular weight is 329 g/mol. The van der Waals surface area contributed by atoms with Gasteiger partial charge in [0, 0.05) is 5.92 Å². The van der Waals surface area contributed by atoms with Crippen LogP contribution in [0.1, 0.15) is 17.5 Å². The molecule has 0 amide bonds. The molecule has 1 aliphatic carbocycles. The third-order valence-electron chi connectivity index (χ3n) is 2.64. The quantitative estimate of drug-likeness (QED) is 0.591. The lowest BCUT2D eigenvalue weighted by molar-refractivity contribution is 0.782. The smallest absolute Gasteiger partial charge is 0.0958 e. The van der Waals surface area contributed by atoms with Gasteiger partial charge in [-0.3, -0.25) is 0 Å². The Labute approximate surface area is 125 Å². The molecule has 0 aromatic heterocycles. The van der Waals surface area contributed by atoms with Crippen LogP contribution in [0.15, 0.2) is 30.3 Å². The molecule has 0 atom stereocenters. The molecular formula is C12H8Cl5. The van der Waals surface area contributed by atoms with E-state index in [1.165, 1.54) is 0 Å². The van der Waals surface area contributed by atoms with E-state index in [4.69, 9.17) is 58.0 Å². The lowest BCUT2D eigenvalue weighted by Crippen LogP contribution is -2.39. The molecule has 0 nitrogen and oxygen atoms in total. The van der Waals surface area contributed by atoms with Crippen LogP contribution >= 0.6 is 58.0 Å². The number of alkyl halides is 5. The van der Waals surface area contributed by atoms with E-state index in [1.807, 2.05) is 36.4 Å². The highest BCUT2D eigenvalue weighted by Gasteiger charge is 2.52. The number of fused-ring (bicyclic) bond motifs is 1. The van der Waals surface area contributed by atoms with Crippen molar-refractivity contribution in [2.45, 2.75) is 14.5 Å². The molecule has 5 heteroatoms. The van der Waals surface area contributed by atoms with Gasteiger partial charge in [0.1, 0.15) is 0 Å². The third kappa shape index (κ3) is 2.57. The molecule has 0 saturated heterocycles. The Bertz CT molecular complexity index is 444. The van der Waals surface area contributed by atoms with Crippen LogP contribution in [0.2, 0.25) is 0 Å². The molecule has 1 radical (unpaired) electrons. The summed E-state index contributed by atoms with van der Waals surface area (Å²) in [4.78, 5) is 0. The lowest BCUT2D eigenvalue weighted by atomic mass is 9.85. The van der Waals surface area contributed by atoms with E-state index in [-0.39, 0.29) is 0 Å². The molecule has 1 aromatic carbocycles. The van der Waals surface area contributed by atoms with Crippen LogP contribution in [-0.4, -0.2) is 8.13 Å². The van der Waals surface area contributed by atoms with E-state index < -0.39 is 8.13 Å². The second-order valence-corrected chi connectivity index (χ2v) is 7.35. The third-order valence-corrected chi connectivity index (χ3v) is 5.09. The Balaban J connectivity index is 2.46. The highest BCUT2D eigenvalue weighted by atomic mass is 35.6. The van der Waals surface area contributed by atoms with Crippen molar-refractivity contribution in [3.05, 3.63) is 47.4 Å². The fourth-order valence-electron chi connectivity index (χ4n) is 1.80. The van der Waals surface area contributed by atoms with Gasteiger partial charge in [-0.15, -0.1) is 0 Å². The summed E-state index contributed by atoms with van der Waals surface area (Å²) in [5.74, 6) is 0.707. The fraction of sp³-hybridized carbons (Fsp3) is 0.250. The Hall–Kier alpha value is 0.410. The monoisotopic (exact) mass is 327 g/mol. The first-order valence-corrected chi connectivity index (χ1v) is 6.80. The van der Waals surface area contributed by atoms with E-state index in [0.717, 1.165) is 11.1 Å². The molecule has 0 saturated carbocycles. The van der Waals surface area contributed by atoms with Gasteiger partial charge in [-0.25, -0.2) is 0 Å². The van der Waals surface area contributed by atoms with Crippen LogP contribution in [0.3, 0.4) is 0 Å². The Morgan fingerprint density at radius 3 is 2.24 bits per heavy atom. The summed E-state index contributed by atoms with van der Waals surface area (Å²) in [5.41, 5.74) is 1.94. The maximum absolute atomic E-state index is 6.22. The molecule has 0 fully saturated rings. The topological polar surface area (TPSA) is 0 Å². The summed E-state index contributed by atoms with van der Waals surface area (Å²) in [6.07, 6.45) is 4.52. The molecule has 0 bridgehead atoms. The van der Waals surface area contributed by atoms with Crippen molar-refractivity contribution in [2.75, 3.05) is 0 Å². The van der Waals surface area contributed by atoms with Gasteiger partial charge >= 0.3 is 0 Å². The average Bonchev–Trinajstić information content (AvgIpc) is 2.26. The summed E-state index contributed by atoms with van der Waals surface area (Å²) in [6, 6.07) is 7.73. The Morgan fingerprint density at radius 2 is 1.59 bits per heavy atom. The standard InChI is InChI=1S/C12H8Cl5/c13-11(14,12(15,16)17)10-7-3-5-8-4-1-2-6-9(8)10/h1-6H,7H2. The summed E-state index contributed by atoms with van der Waals surface area (Å²) in [5, 5.41) is 0. The first kappa shape index (κ1) is 13.8. The molecule has 0 N–H and O–H groups in total. The number of allylic oxidation sites excluding steroid dienone is 1. The van der Waals surface area contributed by atoms with Crippen LogP contribution in [0.4, 0.5) is 0 Å². The molecule has 0 heterocycles. The predicted molar refractivity (Wildman–Crippen MR) is 77.2 cm³/mol. The van der Waals surface area contributed by atoms with Gasteiger partial charge in [0.05, 0.1) is 0 Å². The normalized spacial score (nSPS) is 17.0. The molecule has 91 valence electrons. The molecule has 1 aliphatic rings. The van der Waals surface area contributed by atoms with Crippen molar-refractivity contribution >= 4 is 64.1 Å². The van der Waals surface area contributed by atoms with Crippen LogP contribution in [0.25, 0.3) is 6.08 Å². The lowest BCUT2D eigenvalue weighted by Gasteiger charge is -2.36. The minimum Gasteiger partial charge on any atom is -0.0958 e. The molecule has 17 heavy (non-hydrogen) atoms. The second-order valence-electron chi connectivity index (χ2n) is 3.74. The van der Waals surface area contributed by atoms with Crippen molar-refractivity contribution in [2.24, 2.45) is 0 Å². The van der Waals surface area contributed by atoms with Gasteiger partial charge in [0.25, 0.3) is 0 Å². The van der Waals surface area contributed by atoms with Crippen molar-refractivity contribution in [1.29, 1.82) is 0 Å². The van der Waals surface area contributed by atoms with E-state index in [1.54, 1.807) is 0 Å². The zero-order valence-electron chi connectivity index (χ0n) is 8.56. The van der Waals surface area contributed by atoms with Gasteiger partial charge < -0.3 is 0 Å². The predicted octanol–water partition coefficient (Wildman–Crippen LogP) is 5.57. The highest BCUT2D eigenvalue weighted by Crippen LogP contribution is 2.55. The van der Waals surface area contributed by atoms with Crippen LogP contribution in [0, 0.1) is 5.92 Å². The maximum Gasteiger partial charge on any atom is 0.223 e. The van der Waals surface area contributed by atoms with Gasteiger partial charge in [-0.05, 0) is 17.5 Å². The van der Waals surface area contributed by atoms with E-state index in [0.29, 0.717) is 12.3 Å². The number of hydrogen-bond donors (Lipinski definition) is 0. The molecule has 1 aromatic rings. The van der Waals surface area contributed by atoms with E-state index >= 15 is 0 Å². The van der Waals surface area contributed by atoms with Gasteiger partial charge in [-0.2, -0.15) is 0 Å². The van der Waals surface area contributed by atoms with E-state index in [2.05, 4.69) is 0 Å². The molecule has 0 aliphatic heterocycles. The Kier molecular flexibility index (Phi) is 3.93. The van der Waals surface area contributed by atoms with Crippen molar-refractivity contribution < 1.29 is 0 Å². The zero-order chi connectivity index (χ0) is 12.7. The molecular weight excluding hydrogens is 321 g/mol. The first-order chi connectivity index (χ1) is 7.84. The highest BCUT2D eigenvalue weighted by molar-refractivity contribution is 6.76. The zero-order valence-corrected chi connectivity index (χ0v) is 12.3. The van der Waals surface area contributed by atoms with Gasteiger partial charge in [-0.1, -0.05) is 94.4 Å². The Morgan fingerprint density at radius 1 is 0.941 bits per heavy atom. The first-order valence-electron chi connectivity index (χ1n) is 4.91. The number of benzene rings is 1. The number of halogens is 5. The SMILES string of the molecule is ClC(Cl)(Cl)C(Cl)(Cl)[C]1CC=Cc2ccccc21. The number of hydrogen-bond acceptors (Lipinski definition) is 0. The fourth-order valence-corrected chi connectivity index (χ4v) is 2.50. The largest absolute Gasteiger partial charge is 0.223 e. The van der Waals surface area contributed by atoms with Crippen molar-refractivity contribution in [1.82, 2.24) is 0 Å². The van der Waals surface area contributed by atoms with Crippen molar-refractivity contribution in [3.8, 4) is 0 Å². The van der Waals surface area contributed by atoms with Crippen molar-refractivity contribution in [3.63, 3.8) is 0 Å². The second kappa shape index (κ2) is 4.83. The van der Waals surface area contributed by atoms with E-state index in [9.17, 15) is 0 Å². The summed E-state index contributed by atoms with van der Waals surface area (Å²) in [6.45, 7) is 0. The summed E-state index contributed by atoms with van der Waals surface area (Å²) < 4.78 is -3.32. The van der Waals surface area contributed by atoms with Crippen LogP contribution in [0.5, 0.6) is 0 Å². The number of rotatable bonds is 1. The summed E-state index contributed by atoms with van der Waals surface area (Å²) >= 11 is 30.0. The molecule has 2 rings (SSSR count). The van der Waals surface area contributed by atoms with Gasteiger partial charge in [0.15, 0.2) is 4.33 Å². The summed E-state index contributed by atoms with van der Waals surface area (Å²) in [7, 11) is 0. The van der Waals surface area contributed by atoms with Crippen LogP contribution < -0.4 is 0 Å². The van der Waals surface area contributed by atoms with Crippen LogP contribution in [-0.2, 0) is 0 Å². The molecule has 0 unspecified atom stereocenters. The minimum absolute atomic E-state index is 0.567. The van der Waals surface area contributed by atoms with Gasteiger partial charge in [0.2, 0.25) is 3.79 Å².